The predicted octanol–water partition coefficient (Wildman–Crippen LogP) is 5.22. The van der Waals surface area contributed by atoms with E-state index in [1.165, 1.54) is 16.0 Å². The molecule has 2 aromatic heterocycles. The van der Waals surface area contributed by atoms with E-state index in [0.717, 1.165) is 58.1 Å². The second kappa shape index (κ2) is 8.87. The van der Waals surface area contributed by atoms with Crippen LogP contribution in [0.3, 0.4) is 0 Å². The quantitative estimate of drug-likeness (QED) is 0.369. The molecule has 4 heterocycles. The predicted molar refractivity (Wildman–Crippen MR) is 144 cm³/mol. The van der Waals surface area contributed by atoms with Crippen molar-refractivity contribution in [1.82, 2.24) is 10.2 Å². The van der Waals surface area contributed by atoms with E-state index in [9.17, 15) is 4.79 Å². The molecule has 1 unspecified atom stereocenters. The van der Waals surface area contributed by atoms with Gasteiger partial charge in [-0.1, -0.05) is 12.1 Å². The van der Waals surface area contributed by atoms with Crippen LogP contribution >= 0.6 is 22.7 Å². The topological polar surface area (TPSA) is 68.8 Å². The second-order valence-corrected chi connectivity index (χ2v) is 10.6. The number of thiophene rings is 2. The van der Waals surface area contributed by atoms with Crippen molar-refractivity contribution in [3.8, 4) is 10.4 Å². The lowest BCUT2D eigenvalue weighted by molar-refractivity contribution is 0.0741. The van der Waals surface area contributed by atoms with Crippen LogP contribution in [0.25, 0.3) is 20.5 Å². The number of piperazine rings is 1. The summed E-state index contributed by atoms with van der Waals surface area (Å²) in [6.07, 6.45) is 1.62. The standard InChI is InChI=1S/C26H25N5OS2/c1-16-7-12-33-24(16)17-3-2-4-19(13-17)29-26-28-15-18-5-6-21-20(23(18)30-26)14-22(34-21)25(32)31-10-8-27-9-11-31/h2-7,12-15,26-27,29-30H,8-11H2,1H3. The van der Waals surface area contributed by atoms with Gasteiger partial charge >= 0.3 is 0 Å². The molecule has 172 valence electrons. The lowest BCUT2D eigenvalue weighted by atomic mass is 10.1. The van der Waals surface area contributed by atoms with Gasteiger partial charge in [-0.2, -0.15) is 0 Å². The average molecular weight is 488 g/mol. The van der Waals surface area contributed by atoms with Crippen LogP contribution in [0.5, 0.6) is 0 Å². The molecular weight excluding hydrogens is 462 g/mol. The number of fused-ring (bicyclic) bond motifs is 3. The molecule has 1 saturated heterocycles. The molecule has 2 aliphatic heterocycles. The van der Waals surface area contributed by atoms with Crippen molar-refractivity contribution >= 4 is 56.3 Å². The van der Waals surface area contributed by atoms with Crippen molar-refractivity contribution in [1.29, 1.82) is 0 Å². The third kappa shape index (κ3) is 3.98. The second-order valence-electron chi connectivity index (χ2n) is 8.58. The van der Waals surface area contributed by atoms with E-state index in [0.29, 0.717) is 0 Å². The summed E-state index contributed by atoms with van der Waals surface area (Å²) in [6, 6.07) is 16.8. The zero-order valence-electron chi connectivity index (χ0n) is 18.8. The van der Waals surface area contributed by atoms with Crippen LogP contribution < -0.4 is 16.0 Å². The number of aliphatic imine (C=N–C) groups is 1. The molecule has 1 atom stereocenters. The molecule has 0 saturated carbocycles. The maximum atomic E-state index is 13.0. The van der Waals surface area contributed by atoms with Crippen molar-refractivity contribution in [2.45, 2.75) is 13.2 Å². The molecule has 0 bridgehead atoms. The molecule has 0 aliphatic carbocycles. The highest BCUT2D eigenvalue weighted by Gasteiger charge is 2.23. The number of nitrogens with zero attached hydrogens (tertiary/aromatic N) is 2. The molecule has 2 aliphatic rings. The summed E-state index contributed by atoms with van der Waals surface area (Å²) >= 11 is 3.32. The monoisotopic (exact) mass is 487 g/mol. The van der Waals surface area contributed by atoms with Gasteiger partial charge in [-0.15, -0.1) is 22.7 Å². The van der Waals surface area contributed by atoms with E-state index in [2.05, 4.69) is 75.7 Å². The van der Waals surface area contributed by atoms with Crippen molar-refractivity contribution in [2.75, 3.05) is 36.8 Å². The van der Waals surface area contributed by atoms with Crippen LogP contribution in [0, 0.1) is 6.92 Å². The van der Waals surface area contributed by atoms with Crippen LogP contribution in [-0.2, 0) is 0 Å². The van der Waals surface area contributed by atoms with E-state index in [1.807, 2.05) is 17.2 Å². The molecule has 0 spiro atoms. The third-order valence-electron chi connectivity index (χ3n) is 6.28. The molecule has 8 heteroatoms. The van der Waals surface area contributed by atoms with E-state index in [-0.39, 0.29) is 12.2 Å². The van der Waals surface area contributed by atoms with Gasteiger partial charge in [0.25, 0.3) is 5.91 Å². The van der Waals surface area contributed by atoms with E-state index in [1.54, 1.807) is 22.7 Å². The minimum atomic E-state index is -0.287. The maximum absolute atomic E-state index is 13.0. The molecule has 3 N–H and O–H groups in total. The number of anilines is 2. The minimum absolute atomic E-state index is 0.122. The molecule has 6 rings (SSSR count). The summed E-state index contributed by atoms with van der Waals surface area (Å²) in [5.41, 5.74) is 5.55. The summed E-state index contributed by atoms with van der Waals surface area (Å²) in [4.78, 5) is 21.7. The Hall–Kier alpha value is -3.20. The van der Waals surface area contributed by atoms with Crippen LogP contribution in [0.1, 0.15) is 20.8 Å². The van der Waals surface area contributed by atoms with Gasteiger partial charge in [-0.25, -0.2) is 4.99 Å². The fourth-order valence-electron chi connectivity index (χ4n) is 4.51. The molecular formula is C26H25N5OS2. The third-order valence-corrected chi connectivity index (χ3v) is 8.44. The van der Waals surface area contributed by atoms with E-state index >= 15 is 0 Å². The molecule has 1 fully saturated rings. The van der Waals surface area contributed by atoms with Crippen LogP contribution in [-0.4, -0.2) is 49.5 Å². The van der Waals surface area contributed by atoms with Crippen molar-refractivity contribution < 1.29 is 4.79 Å². The lowest BCUT2D eigenvalue weighted by Crippen LogP contribution is -2.46. The minimum Gasteiger partial charge on any atom is -0.347 e. The van der Waals surface area contributed by atoms with Gasteiger partial charge in [0.2, 0.25) is 0 Å². The summed E-state index contributed by atoms with van der Waals surface area (Å²) < 4.78 is 1.11. The largest absolute Gasteiger partial charge is 0.347 e. The Labute approximate surface area is 206 Å². The first kappa shape index (κ1) is 21.3. The number of aryl methyl sites for hydroxylation is 1. The zero-order chi connectivity index (χ0) is 23.1. The van der Waals surface area contributed by atoms with Gasteiger partial charge < -0.3 is 20.9 Å². The average Bonchev–Trinajstić information content (AvgIpc) is 3.51. The SMILES string of the molecule is Cc1ccsc1-c1cccc(NC2N=Cc3ccc4sc(C(=O)N5CCNCC5)cc4c3N2)c1. The number of benzene rings is 2. The highest BCUT2D eigenvalue weighted by molar-refractivity contribution is 7.21. The number of hydrogen-bond acceptors (Lipinski definition) is 7. The Morgan fingerprint density at radius 1 is 1.15 bits per heavy atom. The van der Waals surface area contributed by atoms with Gasteiger partial charge in [0, 0.05) is 58.6 Å². The first-order valence-electron chi connectivity index (χ1n) is 11.4. The van der Waals surface area contributed by atoms with Crippen LogP contribution in [0.15, 0.2) is 58.9 Å². The summed E-state index contributed by atoms with van der Waals surface area (Å²) in [5, 5.41) is 13.6. The number of hydrogen-bond donors (Lipinski definition) is 3. The Morgan fingerprint density at radius 3 is 2.85 bits per heavy atom. The Bertz CT molecular complexity index is 1400. The molecule has 34 heavy (non-hydrogen) atoms. The van der Waals surface area contributed by atoms with Crippen molar-refractivity contribution in [3.05, 3.63) is 69.9 Å². The number of carbonyl (C=O) groups is 1. The number of nitrogens with one attached hydrogen (secondary N) is 3. The normalized spacial score (nSPS) is 17.4. The molecule has 2 aromatic carbocycles. The number of amides is 1. The molecule has 6 nitrogen and oxygen atoms in total. The first-order chi connectivity index (χ1) is 16.7. The van der Waals surface area contributed by atoms with Crippen molar-refractivity contribution in [2.24, 2.45) is 4.99 Å². The van der Waals surface area contributed by atoms with Gasteiger partial charge in [-0.3, -0.25) is 4.79 Å². The van der Waals surface area contributed by atoms with Crippen LogP contribution in [0.2, 0.25) is 0 Å². The van der Waals surface area contributed by atoms with E-state index < -0.39 is 0 Å². The summed E-state index contributed by atoms with van der Waals surface area (Å²) in [7, 11) is 0. The van der Waals surface area contributed by atoms with Gasteiger partial charge in [0.15, 0.2) is 6.29 Å². The number of carbonyl (C=O) groups excluding carboxylic acids is 1. The summed E-state index contributed by atoms with van der Waals surface area (Å²) in [5.74, 6) is 0.122. The summed E-state index contributed by atoms with van der Waals surface area (Å²) in [6.45, 7) is 5.36. The Balaban J connectivity index is 1.25. The zero-order valence-corrected chi connectivity index (χ0v) is 20.4. The fraction of sp³-hybridized carbons (Fsp3) is 0.231. The molecule has 1 amide bonds. The van der Waals surface area contributed by atoms with Crippen molar-refractivity contribution in [3.63, 3.8) is 0 Å². The van der Waals surface area contributed by atoms with Gasteiger partial charge in [-0.05, 0) is 59.8 Å². The highest BCUT2D eigenvalue weighted by atomic mass is 32.1. The molecule has 4 aromatic rings. The Morgan fingerprint density at radius 2 is 2.03 bits per heavy atom. The first-order valence-corrected chi connectivity index (χ1v) is 13.1. The van der Waals surface area contributed by atoms with Gasteiger partial charge in [0.05, 0.1) is 10.6 Å². The Kier molecular flexibility index (Phi) is 5.57. The van der Waals surface area contributed by atoms with Crippen LogP contribution in [0.4, 0.5) is 11.4 Å². The maximum Gasteiger partial charge on any atom is 0.264 e. The smallest absolute Gasteiger partial charge is 0.264 e. The lowest BCUT2D eigenvalue weighted by Gasteiger charge is -2.26. The van der Waals surface area contributed by atoms with E-state index in [4.69, 9.17) is 0 Å². The highest BCUT2D eigenvalue weighted by Crippen LogP contribution is 2.36. The van der Waals surface area contributed by atoms with Gasteiger partial charge in [0.1, 0.15) is 0 Å². The fourth-order valence-corrected chi connectivity index (χ4v) is 6.47. The molecule has 0 radical (unpaired) electrons. The number of rotatable bonds is 4.